The molecular formula is C18H20N6OS. The molecule has 0 unspecified atom stereocenters. The number of amides is 1. The van der Waals surface area contributed by atoms with Gasteiger partial charge in [-0.2, -0.15) is 4.37 Å². The molecule has 1 fully saturated rings. The zero-order chi connectivity index (χ0) is 17.5. The molecule has 1 atom stereocenters. The Hall–Kier alpha value is -2.45. The van der Waals surface area contributed by atoms with Crippen molar-refractivity contribution in [1.82, 2.24) is 24.6 Å². The van der Waals surface area contributed by atoms with Gasteiger partial charge in [-0.1, -0.05) is 12.1 Å². The Bertz CT molecular complexity index is 942. The van der Waals surface area contributed by atoms with Crippen LogP contribution < -0.4 is 10.2 Å². The number of aromatic amines is 1. The molecule has 2 aliphatic heterocycles. The molecule has 0 saturated carbocycles. The first-order valence-electron chi connectivity index (χ1n) is 8.95. The zero-order valence-electron chi connectivity index (χ0n) is 14.3. The monoisotopic (exact) mass is 368 g/mol. The van der Waals surface area contributed by atoms with E-state index in [0.717, 1.165) is 43.3 Å². The third kappa shape index (κ3) is 2.57. The topological polar surface area (TPSA) is 77.2 Å². The fourth-order valence-electron chi connectivity index (χ4n) is 3.84. The van der Waals surface area contributed by atoms with Crippen LogP contribution in [0.5, 0.6) is 0 Å². The van der Waals surface area contributed by atoms with Crippen molar-refractivity contribution >= 4 is 33.3 Å². The number of piperazine rings is 1. The number of nitrogens with one attached hydrogen (secondary N) is 2. The molecule has 0 aliphatic carbocycles. The molecule has 1 saturated heterocycles. The van der Waals surface area contributed by atoms with E-state index in [1.165, 1.54) is 21.6 Å². The minimum atomic E-state index is -0.323. The van der Waals surface area contributed by atoms with E-state index in [-0.39, 0.29) is 11.9 Å². The normalized spacial score (nSPS) is 20.4. The number of imidazole rings is 1. The summed E-state index contributed by atoms with van der Waals surface area (Å²) in [5.74, 6) is 1.17. The van der Waals surface area contributed by atoms with Gasteiger partial charge in [0, 0.05) is 50.2 Å². The Kier molecular flexibility index (Phi) is 3.86. The lowest BCUT2D eigenvalue weighted by atomic mass is 10.0. The summed E-state index contributed by atoms with van der Waals surface area (Å²) < 4.78 is 5.85. The van der Waals surface area contributed by atoms with Crippen molar-refractivity contribution in [2.75, 3.05) is 37.6 Å². The third-order valence-corrected chi connectivity index (χ3v) is 6.06. The van der Waals surface area contributed by atoms with Gasteiger partial charge in [-0.25, -0.2) is 4.98 Å². The van der Waals surface area contributed by atoms with E-state index < -0.39 is 0 Å². The predicted molar refractivity (Wildman–Crippen MR) is 101 cm³/mol. The molecule has 0 spiro atoms. The van der Waals surface area contributed by atoms with Gasteiger partial charge < -0.3 is 20.1 Å². The highest BCUT2D eigenvalue weighted by Crippen LogP contribution is 2.30. The molecule has 2 N–H and O–H groups in total. The summed E-state index contributed by atoms with van der Waals surface area (Å²) >= 11 is 1.54. The van der Waals surface area contributed by atoms with Gasteiger partial charge in [0.25, 0.3) is 0 Å². The lowest BCUT2D eigenvalue weighted by Crippen LogP contribution is -2.52. The second kappa shape index (κ2) is 6.37. The first-order valence-corrected chi connectivity index (χ1v) is 9.72. The fraction of sp³-hybridized carbons (Fsp3) is 0.389. The molecule has 3 aromatic rings. The molecule has 7 nitrogen and oxygen atoms in total. The van der Waals surface area contributed by atoms with Crippen molar-refractivity contribution in [3.63, 3.8) is 0 Å². The maximum Gasteiger partial charge on any atom is 0.246 e. The molecular weight excluding hydrogens is 348 g/mol. The van der Waals surface area contributed by atoms with Crippen LogP contribution in [0.2, 0.25) is 0 Å². The summed E-state index contributed by atoms with van der Waals surface area (Å²) in [6.45, 7) is 3.83. The number of carbonyl (C=O) groups excluding carboxylic acids is 1. The van der Waals surface area contributed by atoms with Gasteiger partial charge in [0.15, 0.2) is 0 Å². The third-order valence-electron chi connectivity index (χ3n) is 5.24. The summed E-state index contributed by atoms with van der Waals surface area (Å²) in [7, 11) is 0. The van der Waals surface area contributed by atoms with E-state index >= 15 is 0 Å². The van der Waals surface area contributed by atoms with E-state index in [9.17, 15) is 4.79 Å². The van der Waals surface area contributed by atoms with Crippen molar-refractivity contribution in [1.29, 1.82) is 0 Å². The molecule has 26 heavy (non-hydrogen) atoms. The Morgan fingerprint density at radius 3 is 2.92 bits per heavy atom. The number of hydrogen-bond donors (Lipinski definition) is 2. The Morgan fingerprint density at radius 1 is 1.19 bits per heavy atom. The highest BCUT2D eigenvalue weighted by atomic mass is 32.1. The van der Waals surface area contributed by atoms with E-state index in [2.05, 4.69) is 42.8 Å². The molecule has 134 valence electrons. The quantitative estimate of drug-likeness (QED) is 0.718. The van der Waals surface area contributed by atoms with Crippen LogP contribution in [-0.4, -0.2) is 57.9 Å². The van der Waals surface area contributed by atoms with Crippen molar-refractivity contribution in [3.8, 4) is 0 Å². The van der Waals surface area contributed by atoms with E-state index in [4.69, 9.17) is 0 Å². The Labute approximate surface area is 155 Å². The molecule has 0 radical (unpaired) electrons. The Balaban J connectivity index is 1.30. The first-order chi connectivity index (χ1) is 12.8. The summed E-state index contributed by atoms with van der Waals surface area (Å²) in [6, 6.07) is 8.00. The number of carbonyl (C=O) groups is 1. The van der Waals surface area contributed by atoms with E-state index in [1.54, 1.807) is 6.33 Å². The van der Waals surface area contributed by atoms with Gasteiger partial charge in [-0.15, -0.1) is 0 Å². The number of rotatable bonds is 2. The minimum absolute atomic E-state index is 0.126. The largest absolute Gasteiger partial charge is 0.352 e. The van der Waals surface area contributed by atoms with Gasteiger partial charge in [-0.05, 0) is 23.7 Å². The molecule has 1 amide bonds. The lowest BCUT2D eigenvalue weighted by Gasteiger charge is -2.37. The second-order valence-electron chi connectivity index (χ2n) is 6.72. The summed E-state index contributed by atoms with van der Waals surface area (Å²) in [4.78, 5) is 24.7. The van der Waals surface area contributed by atoms with Gasteiger partial charge in [0.2, 0.25) is 5.91 Å². The zero-order valence-corrected chi connectivity index (χ0v) is 15.1. The summed E-state index contributed by atoms with van der Waals surface area (Å²) in [5, 5.41) is 4.52. The molecule has 4 heterocycles. The second-order valence-corrected chi connectivity index (χ2v) is 7.52. The van der Waals surface area contributed by atoms with Crippen molar-refractivity contribution in [2.24, 2.45) is 0 Å². The molecule has 2 aromatic heterocycles. The van der Waals surface area contributed by atoms with E-state index in [1.807, 2.05) is 11.0 Å². The fourth-order valence-corrected chi connectivity index (χ4v) is 4.64. The van der Waals surface area contributed by atoms with Crippen molar-refractivity contribution < 1.29 is 4.79 Å². The summed E-state index contributed by atoms with van der Waals surface area (Å²) in [5.41, 5.74) is 1.93. The smallest absolute Gasteiger partial charge is 0.246 e. The molecule has 5 rings (SSSR count). The average Bonchev–Trinajstić information content (AvgIpc) is 3.34. The number of anilines is 1. The number of nitrogens with zero attached hydrogens (tertiary/aromatic N) is 4. The van der Waals surface area contributed by atoms with Crippen LogP contribution in [0.25, 0.3) is 10.1 Å². The molecule has 8 heteroatoms. The number of fused-ring (bicyclic) bond motifs is 2. The highest BCUT2D eigenvalue weighted by Gasteiger charge is 2.33. The molecule has 2 aliphatic rings. The number of benzene rings is 1. The maximum atomic E-state index is 13.0. The van der Waals surface area contributed by atoms with Crippen LogP contribution in [0.15, 0.2) is 30.6 Å². The van der Waals surface area contributed by atoms with Crippen LogP contribution in [0.3, 0.4) is 0 Å². The van der Waals surface area contributed by atoms with Crippen LogP contribution in [-0.2, 0) is 11.2 Å². The first kappa shape index (κ1) is 15.8. The Morgan fingerprint density at radius 2 is 2.04 bits per heavy atom. The van der Waals surface area contributed by atoms with Crippen LogP contribution in [0.1, 0.15) is 17.4 Å². The van der Waals surface area contributed by atoms with Gasteiger partial charge in [0.1, 0.15) is 11.9 Å². The molecule has 0 bridgehead atoms. The van der Waals surface area contributed by atoms with Gasteiger partial charge >= 0.3 is 0 Å². The highest BCUT2D eigenvalue weighted by molar-refractivity contribution is 7.13. The lowest BCUT2D eigenvalue weighted by molar-refractivity contribution is -0.134. The SMILES string of the molecule is O=C([C@H]1NCCc2[nH]cnc21)N1CCN(c2nsc3ccccc23)CC1. The van der Waals surface area contributed by atoms with E-state index in [0.29, 0.717) is 13.1 Å². The summed E-state index contributed by atoms with van der Waals surface area (Å²) in [6.07, 6.45) is 2.58. The van der Waals surface area contributed by atoms with Gasteiger partial charge in [-0.3, -0.25) is 4.79 Å². The minimum Gasteiger partial charge on any atom is -0.352 e. The molecule has 1 aromatic carbocycles. The predicted octanol–water partition coefficient (Wildman–Crippen LogP) is 1.55. The number of H-pyrrole nitrogens is 1. The van der Waals surface area contributed by atoms with Crippen molar-refractivity contribution in [2.45, 2.75) is 12.5 Å². The van der Waals surface area contributed by atoms with Crippen LogP contribution in [0.4, 0.5) is 5.82 Å². The van der Waals surface area contributed by atoms with Crippen LogP contribution >= 0.6 is 11.5 Å². The average molecular weight is 368 g/mol. The van der Waals surface area contributed by atoms with Crippen LogP contribution in [0, 0.1) is 0 Å². The maximum absolute atomic E-state index is 13.0. The number of hydrogen-bond acceptors (Lipinski definition) is 6. The van der Waals surface area contributed by atoms with Gasteiger partial charge in [0.05, 0.1) is 16.7 Å². The standard InChI is InChI=1S/C18H20N6OS/c25-18(16-15-13(5-6-19-16)20-11-21-15)24-9-7-23(8-10-24)17-12-3-1-2-4-14(12)26-22-17/h1-4,11,16,19H,5-10H2,(H,20,21)/t16-/m0/s1. The van der Waals surface area contributed by atoms with Crippen molar-refractivity contribution in [3.05, 3.63) is 42.0 Å². The number of aromatic nitrogens is 3.